The highest BCUT2D eigenvalue weighted by molar-refractivity contribution is 6.25. The summed E-state index contributed by atoms with van der Waals surface area (Å²) in [6, 6.07) is 26.4. The van der Waals surface area contributed by atoms with Crippen molar-refractivity contribution in [1.82, 2.24) is 35.3 Å². The number of rotatable bonds is 13. The SMILES string of the molecule is O=C1CCC(N2C(=O)c3cccc(NCCCCN4CCC(NC(=O)c5ccc(C#Cc6ccc7c(c6)C(=O)N(C(C(=O)Nc6ccccn6)c6ccccc6)C7)cn5)CC4)c3C2=O)C(=O)N1. The van der Waals surface area contributed by atoms with Crippen LogP contribution < -0.4 is 21.3 Å². The summed E-state index contributed by atoms with van der Waals surface area (Å²) < 4.78 is 0. The van der Waals surface area contributed by atoms with Crippen molar-refractivity contribution in [2.45, 2.75) is 63.2 Å². The Balaban J connectivity index is 0.719. The van der Waals surface area contributed by atoms with Gasteiger partial charge >= 0.3 is 0 Å². The summed E-state index contributed by atoms with van der Waals surface area (Å²) in [6.07, 6.45) is 6.65. The topological polar surface area (TPSA) is 203 Å². The normalized spacial score (nSPS) is 17.6. The molecule has 16 heteroatoms. The van der Waals surface area contributed by atoms with Gasteiger partial charge in [-0.1, -0.05) is 60.4 Å². The van der Waals surface area contributed by atoms with E-state index in [0.717, 1.165) is 55.8 Å². The molecule has 2 fully saturated rings. The van der Waals surface area contributed by atoms with Gasteiger partial charge in [-0.3, -0.25) is 43.8 Å². The number of nitrogens with one attached hydrogen (secondary N) is 4. The molecule has 0 bridgehead atoms. The third-order valence-electron chi connectivity index (χ3n) is 12.5. The molecule has 2 saturated heterocycles. The van der Waals surface area contributed by atoms with Crippen molar-refractivity contribution in [2.75, 3.05) is 36.8 Å². The third-order valence-corrected chi connectivity index (χ3v) is 12.5. The zero-order valence-electron chi connectivity index (χ0n) is 36.5. The number of hydrogen-bond donors (Lipinski definition) is 4. The molecule has 7 amide bonds. The van der Waals surface area contributed by atoms with Crippen molar-refractivity contribution in [1.29, 1.82) is 0 Å². The van der Waals surface area contributed by atoms with Crippen LogP contribution in [0.25, 0.3) is 0 Å². The molecule has 3 aromatic carbocycles. The van der Waals surface area contributed by atoms with Gasteiger partial charge in [-0.15, -0.1) is 0 Å². The molecule has 0 aliphatic carbocycles. The first-order valence-corrected chi connectivity index (χ1v) is 22.4. The Morgan fingerprint density at radius 1 is 0.776 bits per heavy atom. The van der Waals surface area contributed by atoms with Gasteiger partial charge in [0.15, 0.2) is 0 Å². The fourth-order valence-electron chi connectivity index (χ4n) is 9.00. The molecular formula is C51H47N9O7. The summed E-state index contributed by atoms with van der Waals surface area (Å²) in [4.78, 5) is 105. The van der Waals surface area contributed by atoms with Crippen LogP contribution in [-0.4, -0.2) is 104 Å². The maximum atomic E-state index is 13.9. The molecule has 16 nitrogen and oxygen atoms in total. The number of amides is 7. The van der Waals surface area contributed by atoms with Crippen LogP contribution in [0.5, 0.6) is 0 Å². The van der Waals surface area contributed by atoms with Crippen molar-refractivity contribution < 1.29 is 33.6 Å². The second-order valence-electron chi connectivity index (χ2n) is 16.9. The van der Waals surface area contributed by atoms with E-state index in [0.29, 0.717) is 46.0 Å². The van der Waals surface area contributed by atoms with Crippen LogP contribution in [0.3, 0.4) is 0 Å². The maximum Gasteiger partial charge on any atom is 0.270 e. The number of nitrogens with zero attached hydrogens (tertiary/aromatic N) is 5. The minimum Gasteiger partial charge on any atom is -0.384 e. The van der Waals surface area contributed by atoms with Crippen LogP contribution >= 0.6 is 0 Å². The van der Waals surface area contributed by atoms with Gasteiger partial charge in [0.05, 0.1) is 11.1 Å². The van der Waals surface area contributed by atoms with Gasteiger partial charge in [-0.2, -0.15) is 0 Å². The molecule has 9 rings (SSSR count). The summed E-state index contributed by atoms with van der Waals surface area (Å²) in [5, 5.41) is 11.5. The van der Waals surface area contributed by atoms with E-state index in [9.17, 15) is 33.6 Å². The zero-order valence-corrected chi connectivity index (χ0v) is 36.5. The van der Waals surface area contributed by atoms with Crippen molar-refractivity contribution in [3.63, 3.8) is 0 Å². The molecule has 0 saturated carbocycles. The Morgan fingerprint density at radius 3 is 2.33 bits per heavy atom. The molecule has 2 atom stereocenters. The van der Waals surface area contributed by atoms with E-state index >= 15 is 0 Å². The number of likely N-dealkylation sites (tertiary alicyclic amines) is 1. The van der Waals surface area contributed by atoms with E-state index in [4.69, 9.17) is 0 Å². The van der Waals surface area contributed by atoms with Crippen LogP contribution in [0.15, 0.2) is 109 Å². The van der Waals surface area contributed by atoms with Gasteiger partial charge < -0.3 is 25.8 Å². The molecule has 338 valence electrons. The highest BCUT2D eigenvalue weighted by Crippen LogP contribution is 2.34. The fourth-order valence-corrected chi connectivity index (χ4v) is 9.00. The lowest BCUT2D eigenvalue weighted by molar-refractivity contribution is -0.136. The Bertz CT molecular complexity index is 2820. The molecule has 5 aromatic rings. The van der Waals surface area contributed by atoms with Crippen LogP contribution in [0.1, 0.15) is 108 Å². The van der Waals surface area contributed by atoms with Crippen LogP contribution in [0.2, 0.25) is 0 Å². The summed E-state index contributed by atoms with van der Waals surface area (Å²) in [5.74, 6) is 3.59. The molecule has 4 aliphatic heterocycles. The number of benzene rings is 3. The number of hydrogen-bond acceptors (Lipinski definition) is 11. The van der Waals surface area contributed by atoms with Gasteiger partial charge in [0.2, 0.25) is 11.8 Å². The van der Waals surface area contributed by atoms with E-state index in [-0.39, 0.29) is 54.3 Å². The van der Waals surface area contributed by atoms with Crippen molar-refractivity contribution in [3.05, 3.63) is 154 Å². The third kappa shape index (κ3) is 9.68. The van der Waals surface area contributed by atoms with E-state index in [2.05, 4.69) is 48.0 Å². The predicted molar refractivity (Wildman–Crippen MR) is 246 cm³/mol. The number of aromatic nitrogens is 2. The van der Waals surface area contributed by atoms with E-state index in [1.54, 1.807) is 71.9 Å². The summed E-state index contributed by atoms with van der Waals surface area (Å²) >= 11 is 0. The van der Waals surface area contributed by atoms with Crippen LogP contribution in [0, 0.1) is 11.8 Å². The Labute approximate surface area is 386 Å². The molecule has 4 aliphatic rings. The standard InChI is InChI=1S/C51H47N9O7/c61-43-21-20-41(47(63)57-43)60-50(66)37-11-8-12-39(44(37)51(60)67)52-24-6-7-26-58-27-22-36(23-28-58)55-46(62)40-19-17-33(30-54-40)15-14-32-16-18-35-31-59(49(65)38(35)29-32)45(34-9-2-1-3-10-34)48(64)56-42-13-4-5-25-53-42/h1-5,8-13,16-19,25,29-30,36,41,45,52H,6-7,20-24,26-28,31H2,(H,55,62)(H,53,56,64)(H,57,61,63). The number of unbranched alkanes of at least 4 members (excludes halogenated alkanes) is 1. The fraction of sp³-hybridized carbons (Fsp3) is 0.275. The first-order valence-electron chi connectivity index (χ1n) is 22.4. The van der Waals surface area contributed by atoms with Gasteiger partial charge in [-0.25, -0.2) is 9.97 Å². The molecule has 4 N–H and O–H groups in total. The van der Waals surface area contributed by atoms with Crippen LogP contribution in [-0.2, 0) is 20.9 Å². The molecule has 67 heavy (non-hydrogen) atoms. The van der Waals surface area contributed by atoms with Gasteiger partial charge in [-0.05, 0) is 98.3 Å². The summed E-state index contributed by atoms with van der Waals surface area (Å²) in [7, 11) is 0. The number of pyridine rings is 2. The minimum absolute atomic E-state index is 0.0171. The zero-order chi connectivity index (χ0) is 46.4. The molecule has 6 heterocycles. The van der Waals surface area contributed by atoms with Crippen molar-refractivity contribution in [2.24, 2.45) is 0 Å². The molecule has 2 unspecified atom stereocenters. The number of anilines is 2. The number of fused-ring (bicyclic) bond motifs is 2. The smallest absolute Gasteiger partial charge is 0.270 e. The highest BCUT2D eigenvalue weighted by Gasteiger charge is 2.45. The van der Waals surface area contributed by atoms with Crippen molar-refractivity contribution >= 4 is 52.9 Å². The number of piperidine rings is 2. The average Bonchev–Trinajstić information content (AvgIpc) is 3.80. The molecule has 2 aromatic heterocycles. The lowest BCUT2D eigenvalue weighted by atomic mass is 10.0. The Kier molecular flexibility index (Phi) is 12.9. The van der Waals surface area contributed by atoms with Gasteiger partial charge in [0.25, 0.3) is 29.5 Å². The number of carbonyl (C=O) groups is 7. The molecule has 0 spiro atoms. The highest BCUT2D eigenvalue weighted by atomic mass is 16.2. The lowest BCUT2D eigenvalue weighted by Gasteiger charge is -2.32. The van der Waals surface area contributed by atoms with E-state index in [1.807, 2.05) is 42.5 Å². The van der Waals surface area contributed by atoms with Gasteiger partial charge in [0.1, 0.15) is 23.6 Å². The predicted octanol–water partition coefficient (Wildman–Crippen LogP) is 4.70. The minimum atomic E-state index is -1.01. The summed E-state index contributed by atoms with van der Waals surface area (Å²) in [6.45, 7) is 3.39. The lowest BCUT2D eigenvalue weighted by Crippen LogP contribution is -2.54. The number of carbonyl (C=O) groups excluding carboxylic acids is 7. The Hall–Kier alpha value is -8.03. The second-order valence-corrected chi connectivity index (χ2v) is 16.9. The van der Waals surface area contributed by atoms with Crippen LogP contribution in [0.4, 0.5) is 11.5 Å². The number of imide groups is 2. The summed E-state index contributed by atoms with van der Waals surface area (Å²) in [5.41, 5.74) is 4.53. The molecule has 0 radical (unpaired) electrons. The maximum absolute atomic E-state index is 13.9. The average molecular weight is 898 g/mol. The van der Waals surface area contributed by atoms with Crippen molar-refractivity contribution in [3.8, 4) is 11.8 Å². The quantitative estimate of drug-likeness (QED) is 0.0725. The monoisotopic (exact) mass is 897 g/mol. The Morgan fingerprint density at radius 2 is 1.57 bits per heavy atom. The van der Waals surface area contributed by atoms with E-state index < -0.39 is 35.7 Å². The second kappa shape index (κ2) is 19.6. The largest absolute Gasteiger partial charge is 0.384 e. The van der Waals surface area contributed by atoms with E-state index in [1.165, 1.54) is 0 Å². The molecular weight excluding hydrogens is 851 g/mol. The van der Waals surface area contributed by atoms with Gasteiger partial charge in [0, 0.05) is 73.4 Å². The first kappa shape index (κ1) is 44.2. The first-order chi connectivity index (χ1) is 32.6.